The number of halogens is 2. The van der Waals surface area contributed by atoms with Crippen LogP contribution in [0, 0.1) is 5.92 Å². The average molecular weight is 353 g/mol. The molecule has 18 heavy (non-hydrogen) atoms. The molecular weight excluding hydrogens is 338 g/mol. The number of sulfonamides is 1. The summed E-state index contributed by atoms with van der Waals surface area (Å²) < 4.78 is 27.8. The summed E-state index contributed by atoms with van der Waals surface area (Å²) in [7, 11) is -3.50. The smallest absolute Gasteiger partial charge is 0.208 e. The highest BCUT2D eigenvalue weighted by molar-refractivity contribution is 9.10. The average Bonchev–Trinajstić information content (AvgIpc) is 2.95. The van der Waals surface area contributed by atoms with E-state index in [2.05, 4.69) is 27.6 Å². The Morgan fingerprint density at radius 2 is 2.22 bits per heavy atom. The maximum atomic E-state index is 12.2. The molecule has 1 saturated carbocycles. The highest BCUT2D eigenvalue weighted by atomic mass is 79.9. The van der Waals surface area contributed by atoms with Crippen molar-refractivity contribution in [2.24, 2.45) is 5.92 Å². The molecule has 1 aromatic rings. The summed E-state index contributed by atoms with van der Waals surface area (Å²) in [6.07, 6.45) is 3.09. The molecule has 1 aliphatic carbocycles. The fourth-order valence-electron chi connectivity index (χ4n) is 2.04. The van der Waals surface area contributed by atoms with E-state index in [1.54, 1.807) is 12.1 Å². The third kappa shape index (κ3) is 3.26. The van der Waals surface area contributed by atoms with Crippen molar-refractivity contribution in [2.45, 2.75) is 37.1 Å². The van der Waals surface area contributed by atoms with Crippen molar-refractivity contribution in [3.63, 3.8) is 0 Å². The van der Waals surface area contributed by atoms with Gasteiger partial charge >= 0.3 is 0 Å². The Kier molecular flexibility index (Phi) is 4.36. The molecule has 100 valence electrons. The van der Waals surface area contributed by atoms with Gasteiger partial charge in [-0.3, -0.25) is 0 Å². The lowest BCUT2D eigenvalue weighted by molar-refractivity contribution is 0.573. The maximum Gasteiger partial charge on any atom is 0.242 e. The standard InChI is InChI=1S/C12H15BrClNO2S/c1-2-3-8-6-11(8)15-18(16,17)12-5-4-9(13)7-10(12)14/h4-5,7-8,11,15H,2-3,6H2,1H3. The van der Waals surface area contributed by atoms with Crippen LogP contribution in [0.15, 0.2) is 27.6 Å². The monoisotopic (exact) mass is 351 g/mol. The Morgan fingerprint density at radius 1 is 1.50 bits per heavy atom. The molecule has 0 aliphatic heterocycles. The Hall–Kier alpha value is -0.100. The predicted octanol–water partition coefficient (Wildman–Crippen LogP) is 3.57. The zero-order valence-corrected chi connectivity index (χ0v) is 13.1. The van der Waals surface area contributed by atoms with Crippen molar-refractivity contribution in [1.29, 1.82) is 0 Å². The number of nitrogens with one attached hydrogen (secondary N) is 1. The Morgan fingerprint density at radius 3 is 2.83 bits per heavy atom. The summed E-state index contributed by atoms with van der Waals surface area (Å²) in [6, 6.07) is 4.87. The van der Waals surface area contributed by atoms with Crippen molar-refractivity contribution < 1.29 is 8.42 Å². The van der Waals surface area contributed by atoms with Crippen LogP contribution in [0.3, 0.4) is 0 Å². The van der Waals surface area contributed by atoms with Gasteiger partial charge in [0.1, 0.15) is 4.90 Å². The molecule has 1 aromatic carbocycles. The maximum absolute atomic E-state index is 12.2. The van der Waals surface area contributed by atoms with Crippen molar-refractivity contribution >= 4 is 37.6 Å². The van der Waals surface area contributed by atoms with Crippen LogP contribution in [0.2, 0.25) is 5.02 Å². The lowest BCUT2D eigenvalue weighted by Crippen LogP contribution is -2.27. The van der Waals surface area contributed by atoms with Crippen molar-refractivity contribution in [2.75, 3.05) is 0 Å². The number of rotatable bonds is 5. The van der Waals surface area contributed by atoms with Gasteiger partial charge in [-0.2, -0.15) is 0 Å². The first-order chi connectivity index (χ1) is 8.44. The molecular formula is C12H15BrClNO2S. The fourth-order valence-corrected chi connectivity index (χ4v) is 4.39. The van der Waals surface area contributed by atoms with E-state index in [1.165, 1.54) is 6.07 Å². The van der Waals surface area contributed by atoms with Gasteiger partial charge in [0.05, 0.1) is 5.02 Å². The van der Waals surface area contributed by atoms with E-state index in [0.29, 0.717) is 5.92 Å². The van der Waals surface area contributed by atoms with Gasteiger partial charge in [0.2, 0.25) is 10.0 Å². The summed E-state index contributed by atoms with van der Waals surface area (Å²) in [6.45, 7) is 2.11. The summed E-state index contributed by atoms with van der Waals surface area (Å²) in [5, 5.41) is 0.240. The molecule has 0 bridgehead atoms. The van der Waals surface area contributed by atoms with E-state index in [0.717, 1.165) is 23.7 Å². The van der Waals surface area contributed by atoms with Crippen LogP contribution in [0.1, 0.15) is 26.2 Å². The lowest BCUT2D eigenvalue weighted by Gasteiger charge is -2.08. The lowest BCUT2D eigenvalue weighted by atomic mass is 10.2. The molecule has 3 nitrogen and oxygen atoms in total. The topological polar surface area (TPSA) is 46.2 Å². The first kappa shape index (κ1) is 14.3. The van der Waals surface area contributed by atoms with Crippen LogP contribution in [0.4, 0.5) is 0 Å². The van der Waals surface area contributed by atoms with Gasteiger partial charge < -0.3 is 0 Å². The normalized spacial score (nSPS) is 23.1. The zero-order valence-electron chi connectivity index (χ0n) is 9.99. The van der Waals surface area contributed by atoms with E-state index in [4.69, 9.17) is 11.6 Å². The second-order valence-corrected chi connectivity index (χ2v) is 7.59. The van der Waals surface area contributed by atoms with Gasteiger partial charge in [0.15, 0.2) is 0 Å². The molecule has 0 saturated heterocycles. The molecule has 2 rings (SSSR count). The van der Waals surface area contributed by atoms with Crippen LogP contribution in [-0.2, 0) is 10.0 Å². The van der Waals surface area contributed by atoms with E-state index in [-0.39, 0.29) is 16.0 Å². The first-order valence-corrected chi connectivity index (χ1v) is 8.57. The summed E-state index contributed by atoms with van der Waals surface area (Å²) in [4.78, 5) is 0.148. The molecule has 1 aliphatic rings. The Labute approximate surface area is 121 Å². The van der Waals surface area contributed by atoms with Crippen LogP contribution >= 0.6 is 27.5 Å². The summed E-state index contributed by atoms with van der Waals surface area (Å²) in [5.41, 5.74) is 0. The molecule has 0 radical (unpaired) electrons. The van der Waals surface area contributed by atoms with Crippen LogP contribution in [-0.4, -0.2) is 14.5 Å². The van der Waals surface area contributed by atoms with Crippen molar-refractivity contribution in [3.8, 4) is 0 Å². The van der Waals surface area contributed by atoms with Crippen LogP contribution in [0.25, 0.3) is 0 Å². The Bertz CT molecular complexity index is 547. The summed E-state index contributed by atoms with van der Waals surface area (Å²) in [5.74, 6) is 0.485. The van der Waals surface area contributed by atoms with Crippen molar-refractivity contribution in [1.82, 2.24) is 4.72 Å². The second-order valence-electron chi connectivity index (χ2n) is 4.59. The second kappa shape index (κ2) is 5.49. The van der Waals surface area contributed by atoms with Gasteiger partial charge in [0.25, 0.3) is 0 Å². The third-order valence-electron chi connectivity index (χ3n) is 3.07. The molecule has 1 fully saturated rings. The van der Waals surface area contributed by atoms with E-state index in [1.807, 2.05) is 0 Å². The molecule has 1 N–H and O–H groups in total. The highest BCUT2D eigenvalue weighted by Crippen LogP contribution is 2.36. The molecule has 2 atom stereocenters. The zero-order chi connectivity index (χ0) is 13.3. The van der Waals surface area contributed by atoms with Crippen LogP contribution < -0.4 is 4.72 Å². The van der Waals surface area contributed by atoms with Gasteiger partial charge in [0, 0.05) is 10.5 Å². The van der Waals surface area contributed by atoms with E-state index in [9.17, 15) is 8.42 Å². The van der Waals surface area contributed by atoms with Gasteiger partial charge in [-0.25, -0.2) is 13.1 Å². The minimum atomic E-state index is -3.50. The molecule has 0 spiro atoms. The molecule has 0 amide bonds. The van der Waals surface area contributed by atoms with Gasteiger partial charge in [-0.15, -0.1) is 0 Å². The predicted molar refractivity (Wildman–Crippen MR) is 76.3 cm³/mol. The molecule has 6 heteroatoms. The quantitative estimate of drug-likeness (QED) is 0.880. The first-order valence-electron chi connectivity index (χ1n) is 5.91. The molecule has 0 heterocycles. The van der Waals surface area contributed by atoms with Gasteiger partial charge in [-0.05, 0) is 37.0 Å². The van der Waals surface area contributed by atoms with E-state index >= 15 is 0 Å². The van der Waals surface area contributed by atoms with E-state index < -0.39 is 10.0 Å². The molecule has 0 aromatic heterocycles. The highest BCUT2D eigenvalue weighted by Gasteiger charge is 2.39. The third-order valence-corrected chi connectivity index (χ3v) is 5.54. The largest absolute Gasteiger partial charge is 0.242 e. The minimum absolute atomic E-state index is 0.0784. The van der Waals surface area contributed by atoms with Gasteiger partial charge in [-0.1, -0.05) is 40.9 Å². The fraction of sp³-hybridized carbons (Fsp3) is 0.500. The molecule has 2 unspecified atom stereocenters. The summed E-state index contributed by atoms with van der Waals surface area (Å²) >= 11 is 9.22. The minimum Gasteiger partial charge on any atom is -0.208 e. The Balaban J connectivity index is 2.12. The number of hydrogen-bond acceptors (Lipinski definition) is 2. The van der Waals surface area contributed by atoms with Crippen molar-refractivity contribution in [3.05, 3.63) is 27.7 Å². The SMILES string of the molecule is CCCC1CC1NS(=O)(=O)c1ccc(Br)cc1Cl. The number of benzene rings is 1. The number of hydrogen-bond donors (Lipinski definition) is 1. The van der Waals surface area contributed by atoms with Crippen LogP contribution in [0.5, 0.6) is 0 Å².